The van der Waals surface area contributed by atoms with E-state index in [-0.39, 0.29) is 23.9 Å². The van der Waals surface area contributed by atoms with Crippen molar-refractivity contribution in [2.75, 3.05) is 19.6 Å². The lowest BCUT2D eigenvalue weighted by Crippen LogP contribution is -2.41. The Morgan fingerprint density at radius 2 is 2.10 bits per heavy atom. The first-order chi connectivity index (χ1) is 14.9. The van der Waals surface area contributed by atoms with Gasteiger partial charge >= 0.3 is 0 Å². The molecular weight excluding hydrogens is 428 g/mol. The molecule has 166 valence electrons. The Morgan fingerprint density at radius 3 is 2.81 bits per heavy atom. The Balaban J connectivity index is 1.38. The van der Waals surface area contributed by atoms with Crippen LogP contribution in [0.3, 0.4) is 0 Å². The molecule has 1 aliphatic heterocycles. The predicted octanol–water partition coefficient (Wildman–Crippen LogP) is 4.12. The van der Waals surface area contributed by atoms with Crippen molar-refractivity contribution < 1.29 is 4.79 Å². The van der Waals surface area contributed by atoms with Crippen molar-refractivity contribution in [2.45, 2.75) is 52.6 Å². The molecule has 0 radical (unpaired) electrons. The summed E-state index contributed by atoms with van der Waals surface area (Å²) in [7, 11) is 0. The lowest BCUT2D eigenvalue weighted by atomic mass is 9.97. The number of fused-ring (bicyclic) bond motifs is 1. The Kier molecular flexibility index (Phi) is 6.89. The number of aromatic nitrogens is 2. The van der Waals surface area contributed by atoms with E-state index in [0.29, 0.717) is 18.5 Å². The highest BCUT2D eigenvalue weighted by Crippen LogP contribution is 2.29. The number of likely N-dealkylation sites (tertiary alicyclic amines) is 1. The van der Waals surface area contributed by atoms with Gasteiger partial charge in [-0.25, -0.2) is 4.98 Å². The van der Waals surface area contributed by atoms with E-state index >= 15 is 0 Å². The molecule has 1 saturated heterocycles. The number of hydrogen-bond acceptors (Lipinski definition) is 6. The second kappa shape index (κ2) is 9.63. The fourth-order valence-electron chi connectivity index (χ4n) is 4.18. The molecule has 0 aromatic carbocycles. The lowest BCUT2D eigenvalue weighted by molar-refractivity contribution is -0.121. The van der Waals surface area contributed by atoms with Gasteiger partial charge in [0, 0.05) is 29.3 Å². The number of nitrogens with zero attached hydrogens (tertiary/aromatic N) is 3. The van der Waals surface area contributed by atoms with Crippen LogP contribution in [0.25, 0.3) is 10.2 Å². The molecule has 6 nitrogen and oxygen atoms in total. The van der Waals surface area contributed by atoms with E-state index in [1.54, 1.807) is 33.6 Å². The fraction of sp³-hybridized carbons (Fsp3) is 0.522. The lowest BCUT2D eigenvalue weighted by Gasteiger charge is -2.36. The molecule has 1 amide bonds. The first kappa shape index (κ1) is 22.2. The van der Waals surface area contributed by atoms with Gasteiger partial charge in [-0.05, 0) is 62.7 Å². The third kappa shape index (κ3) is 4.91. The van der Waals surface area contributed by atoms with Crippen molar-refractivity contribution >= 4 is 38.8 Å². The first-order valence-electron chi connectivity index (χ1n) is 10.9. The summed E-state index contributed by atoms with van der Waals surface area (Å²) in [4.78, 5) is 35.5. The maximum Gasteiger partial charge on any atom is 0.262 e. The minimum Gasteiger partial charge on any atom is -0.354 e. The highest BCUT2D eigenvalue weighted by Gasteiger charge is 2.25. The van der Waals surface area contributed by atoms with Gasteiger partial charge in [-0.3, -0.25) is 19.1 Å². The normalized spacial score (nSPS) is 16.6. The molecule has 3 aromatic rings. The number of amides is 1. The topological polar surface area (TPSA) is 67.2 Å². The monoisotopic (exact) mass is 458 g/mol. The predicted molar refractivity (Wildman–Crippen MR) is 128 cm³/mol. The molecule has 0 aliphatic carbocycles. The van der Waals surface area contributed by atoms with Gasteiger partial charge in [0.15, 0.2) is 0 Å². The van der Waals surface area contributed by atoms with Crippen LogP contribution >= 0.6 is 22.7 Å². The van der Waals surface area contributed by atoms with E-state index < -0.39 is 0 Å². The molecule has 1 aliphatic rings. The molecule has 1 atom stereocenters. The van der Waals surface area contributed by atoms with Crippen LogP contribution in [0.15, 0.2) is 28.6 Å². The number of hydrogen-bond donors (Lipinski definition) is 1. The number of aryl methyl sites for hydroxylation is 3. The van der Waals surface area contributed by atoms with E-state index in [9.17, 15) is 9.59 Å². The summed E-state index contributed by atoms with van der Waals surface area (Å²) in [6.45, 7) is 9.36. The molecule has 4 rings (SSSR count). The largest absolute Gasteiger partial charge is 0.354 e. The Labute approximate surface area is 190 Å². The van der Waals surface area contributed by atoms with Gasteiger partial charge in [-0.15, -0.1) is 22.7 Å². The zero-order valence-corrected chi connectivity index (χ0v) is 20.0. The molecule has 3 aromatic heterocycles. The molecule has 8 heteroatoms. The maximum atomic E-state index is 12.8. The third-order valence-electron chi connectivity index (χ3n) is 6.36. The minimum atomic E-state index is -0.0569. The van der Waals surface area contributed by atoms with Gasteiger partial charge in [0.25, 0.3) is 5.56 Å². The standard InChI is InChI=1S/C23H30N4O2S2/c1-15-6-9-26(10-7-15)18(19-5-4-12-30-19)13-24-20(28)8-11-27-14-25-22-21(23(27)29)16(2)17(3)31-22/h4-5,12,14-15,18H,6-11,13H2,1-3H3,(H,24,28)/t18-/m1/s1. The van der Waals surface area contributed by atoms with Crippen LogP contribution in [-0.4, -0.2) is 40.0 Å². The summed E-state index contributed by atoms with van der Waals surface area (Å²) in [5.41, 5.74) is 0.935. The van der Waals surface area contributed by atoms with Gasteiger partial charge < -0.3 is 5.32 Å². The van der Waals surface area contributed by atoms with Crippen LogP contribution in [0.5, 0.6) is 0 Å². The van der Waals surface area contributed by atoms with Gasteiger partial charge in [-0.2, -0.15) is 0 Å². The van der Waals surface area contributed by atoms with Gasteiger partial charge in [0.05, 0.1) is 17.8 Å². The van der Waals surface area contributed by atoms with E-state index in [0.717, 1.165) is 34.3 Å². The smallest absolute Gasteiger partial charge is 0.262 e. The van der Waals surface area contributed by atoms with E-state index in [2.05, 4.69) is 39.6 Å². The second-order valence-corrected chi connectivity index (χ2v) is 10.7. The van der Waals surface area contributed by atoms with E-state index in [4.69, 9.17) is 0 Å². The number of piperidine rings is 1. The maximum absolute atomic E-state index is 12.8. The van der Waals surface area contributed by atoms with Crippen molar-refractivity contribution in [1.29, 1.82) is 0 Å². The Hall–Kier alpha value is -2.03. The summed E-state index contributed by atoms with van der Waals surface area (Å²) in [5.74, 6) is 0.742. The SMILES string of the molecule is Cc1sc2ncn(CCC(=O)NC[C@H](c3cccs3)N3CCC(C)CC3)c(=O)c2c1C. The van der Waals surface area contributed by atoms with Crippen LogP contribution in [0.2, 0.25) is 0 Å². The minimum absolute atomic E-state index is 0.0304. The Morgan fingerprint density at radius 1 is 1.32 bits per heavy atom. The molecule has 1 N–H and O–H groups in total. The summed E-state index contributed by atoms with van der Waals surface area (Å²) < 4.78 is 1.56. The summed E-state index contributed by atoms with van der Waals surface area (Å²) in [5, 5.41) is 5.89. The van der Waals surface area contributed by atoms with E-state index in [1.165, 1.54) is 17.7 Å². The molecule has 4 heterocycles. The molecule has 1 fully saturated rings. The molecule has 31 heavy (non-hydrogen) atoms. The number of thiophene rings is 2. The average Bonchev–Trinajstić information content (AvgIpc) is 3.38. The molecule has 0 unspecified atom stereocenters. The zero-order valence-electron chi connectivity index (χ0n) is 18.4. The van der Waals surface area contributed by atoms with Crippen molar-refractivity contribution in [3.05, 3.63) is 49.5 Å². The van der Waals surface area contributed by atoms with Crippen LogP contribution in [0.4, 0.5) is 0 Å². The molecule has 0 bridgehead atoms. The van der Waals surface area contributed by atoms with Crippen molar-refractivity contribution in [1.82, 2.24) is 19.8 Å². The number of carbonyl (C=O) groups excluding carboxylic acids is 1. The van der Waals surface area contributed by atoms with Crippen LogP contribution < -0.4 is 10.9 Å². The summed E-state index contributed by atoms with van der Waals surface area (Å²) in [6.07, 6.45) is 4.24. The zero-order chi connectivity index (χ0) is 22.0. The summed E-state index contributed by atoms with van der Waals surface area (Å²) in [6, 6.07) is 4.45. The third-order valence-corrected chi connectivity index (χ3v) is 8.45. The molecule has 0 spiro atoms. The molecule has 0 saturated carbocycles. The van der Waals surface area contributed by atoms with Crippen molar-refractivity contribution in [2.24, 2.45) is 5.92 Å². The van der Waals surface area contributed by atoms with Crippen molar-refractivity contribution in [3.8, 4) is 0 Å². The van der Waals surface area contributed by atoms with E-state index in [1.807, 2.05) is 13.8 Å². The number of rotatable bonds is 7. The fourth-order valence-corrected chi connectivity index (χ4v) is 6.03. The number of nitrogens with one attached hydrogen (secondary N) is 1. The summed E-state index contributed by atoms with van der Waals surface area (Å²) >= 11 is 3.29. The highest BCUT2D eigenvalue weighted by atomic mass is 32.1. The first-order valence-corrected chi connectivity index (χ1v) is 12.6. The van der Waals surface area contributed by atoms with Crippen LogP contribution in [0, 0.1) is 19.8 Å². The average molecular weight is 459 g/mol. The van der Waals surface area contributed by atoms with Crippen LogP contribution in [0.1, 0.15) is 47.5 Å². The Bertz CT molecular complexity index is 1090. The second-order valence-electron chi connectivity index (χ2n) is 8.51. The van der Waals surface area contributed by atoms with Crippen molar-refractivity contribution in [3.63, 3.8) is 0 Å². The number of carbonyl (C=O) groups is 1. The highest BCUT2D eigenvalue weighted by molar-refractivity contribution is 7.18. The van der Waals surface area contributed by atoms with Gasteiger partial charge in [-0.1, -0.05) is 13.0 Å². The van der Waals surface area contributed by atoms with Gasteiger partial charge in [0.2, 0.25) is 5.91 Å². The molecular formula is C23H30N4O2S2. The van der Waals surface area contributed by atoms with Gasteiger partial charge in [0.1, 0.15) is 4.83 Å². The van der Waals surface area contributed by atoms with Crippen LogP contribution in [-0.2, 0) is 11.3 Å². The quantitative estimate of drug-likeness (QED) is 0.578.